The molecule has 1 atom stereocenters. The van der Waals surface area contributed by atoms with Crippen molar-refractivity contribution in [2.75, 3.05) is 6.61 Å². The number of epoxide rings is 1. The van der Waals surface area contributed by atoms with E-state index in [0.717, 1.165) is 6.61 Å². The number of hydrogen-bond acceptors (Lipinski definition) is 1. The molecular weight excluding hydrogens is 215 g/mol. The summed E-state index contributed by atoms with van der Waals surface area (Å²) >= 11 is 0.590. The second kappa shape index (κ2) is 3.21. The Morgan fingerprint density at radius 1 is 1.42 bits per heavy atom. The van der Waals surface area contributed by atoms with Crippen LogP contribution in [0, 0.1) is 0 Å². The molecule has 1 aromatic rings. The molecule has 1 aliphatic rings. The Morgan fingerprint density at radius 3 is 2.67 bits per heavy atom. The van der Waals surface area contributed by atoms with Gasteiger partial charge in [-0.1, -0.05) is 0 Å². The topological polar surface area (TPSA) is 12.5 Å². The van der Waals surface area contributed by atoms with E-state index in [1.807, 2.05) is 0 Å². The van der Waals surface area contributed by atoms with Crippen LogP contribution in [-0.2, 0) is 4.74 Å². The first-order chi connectivity index (χ1) is 5.79. The molecular formula is C10H12OSe. The molecule has 64 valence electrons. The van der Waals surface area contributed by atoms with Gasteiger partial charge in [0.05, 0.1) is 0 Å². The van der Waals surface area contributed by atoms with Crippen LogP contribution < -0.4 is 4.46 Å². The predicted octanol–water partition coefficient (Wildman–Crippen LogP) is 1.22. The van der Waals surface area contributed by atoms with Crippen molar-refractivity contribution in [3.8, 4) is 0 Å². The van der Waals surface area contributed by atoms with Crippen molar-refractivity contribution in [3.63, 3.8) is 0 Å². The van der Waals surface area contributed by atoms with Gasteiger partial charge in [0.1, 0.15) is 0 Å². The van der Waals surface area contributed by atoms with Gasteiger partial charge in [-0.2, -0.15) is 0 Å². The molecule has 0 aliphatic carbocycles. The van der Waals surface area contributed by atoms with E-state index in [2.05, 4.69) is 37.3 Å². The molecule has 0 N–H and O–H groups in total. The molecule has 1 saturated heterocycles. The van der Waals surface area contributed by atoms with E-state index in [0.29, 0.717) is 15.0 Å². The summed E-state index contributed by atoms with van der Waals surface area (Å²) in [4.78, 5) is 0. The van der Waals surface area contributed by atoms with E-state index < -0.39 is 0 Å². The third kappa shape index (κ3) is 2.10. The molecule has 1 fully saturated rings. The van der Waals surface area contributed by atoms with Crippen molar-refractivity contribution in [2.24, 2.45) is 0 Å². The van der Waals surface area contributed by atoms with Crippen LogP contribution in [0.1, 0.15) is 6.92 Å². The van der Waals surface area contributed by atoms with Gasteiger partial charge in [-0.15, -0.1) is 0 Å². The quantitative estimate of drug-likeness (QED) is 0.558. The zero-order valence-electron chi connectivity index (χ0n) is 7.12. The van der Waals surface area contributed by atoms with Gasteiger partial charge in [0.2, 0.25) is 0 Å². The minimum atomic E-state index is 0.232. The average Bonchev–Trinajstić information content (AvgIpc) is 2.84. The Kier molecular flexibility index (Phi) is 2.22. The van der Waals surface area contributed by atoms with E-state index in [1.165, 1.54) is 9.78 Å². The first-order valence-electron chi connectivity index (χ1n) is 4.10. The van der Waals surface area contributed by atoms with Gasteiger partial charge in [0, 0.05) is 0 Å². The van der Waals surface area contributed by atoms with Gasteiger partial charge in [0.25, 0.3) is 0 Å². The summed E-state index contributed by atoms with van der Waals surface area (Å²) in [5.74, 6) is 0. The van der Waals surface area contributed by atoms with E-state index in [9.17, 15) is 0 Å². The third-order valence-electron chi connectivity index (χ3n) is 1.92. The summed E-state index contributed by atoms with van der Waals surface area (Å²) in [6.45, 7) is 3.15. The molecule has 0 spiro atoms. The number of rotatable bonds is 3. The Bertz CT molecular complexity index is 254. The fraction of sp³-hybridized carbons (Fsp3) is 0.400. The standard InChI is InChI=1S/C10H12OSe/c1-10(7-11-10)8-12-9-5-3-2-4-6-9/h2-6H,7-8H2,1H3. The maximum absolute atomic E-state index is 5.33. The molecule has 2 rings (SSSR count). The Balaban J connectivity index is 1.88. The van der Waals surface area contributed by atoms with Gasteiger partial charge in [-0.25, -0.2) is 0 Å². The molecule has 0 radical (unpaired) electrons. The molecule has 1 heterocycles. The van der Waals surface area contributed by atoms with Gasteiger partial charge >= 0.3 is 78.9 Å². The van der Waals surface area contributed by atoms with Gasteiger partial charge in [0.15, 0.2) is 0 Å². The maximum atomic E-state index is 5.33. The summed E-state index contributed by atoms with van der Waals surface area (Å²) in [5.41, 5.74) is 0.232. The Labute approximate surface area is 79.3 Å². The van der Waals surface area contributed by atoms with Crippen LogP contribution in [-0.4, -0.2) is 27.2 Å². The van der Waals surface area contributed by atoms with Gasteiger partial charge in [-0.05, 0) is 0 Å². The van der Waals surface area contributed by atoms with Crippen LogP contribution in [0.15, 0.2) is 30.3 Å². The van der Waals surface area contributed by atoms with Crippen molar-refractivity contribution < 1.29 is 4.74 Å². The molecule has 0 bridgehead atoms. The SMILES string of the molecule is CC1(C[Se]c2ccccc2)CO1. The van der Waals surface area contributed by atoms with Crippen molar-refractivity contribution >= 4 is 19.4 Å². The summed E-state index contributed by atoms with van der Waals surface area (Å²) in [6, 6.07) is 10.7. The number of ether oxygens (including phenoxy) is 1. The van der Waals surface area contributed by atoms with Gasteiger partial charge < -0.3 is 0 Å². The molecule has 12 heavy (non-hydrogen) atoms. The molecule has 1 aromatic carbocycles. The van der Waals surface area contributed by atoms with E-state index >= 15 is 0 Å². The van der Waals surface area contributed by atoms with Crippen LogP contribution in [0.25, 0.3) is 0 Å². The normalized spacial score (nSPS) is 27.1. The molecule has 2 heteroatoms. The zero-order chi connectivity index (χ0) is 8.44. The third-order valence-corrected chi connectivity index (χ3v) is 4.78. The molecule has 1 nitrogen and oxygen atoms in total. The van der Waals surface area contributed by atoms with Crippen molar-refractivity contribution in [3.05, 3.63) is 30.3 Å². The first-order valence-corrected chi connectivity index (χ1v) is 6.17. The van der Waals surface area contributed by atoms with Crippen LogP contribution in [0.2, 0.25) is 5.32 Å². The van der Waals surface area contributed by atoms with Crippen LogP contribution in [0.3, 0.4) is 0 Å². The second-order valence-electron chi connectivity index (χ2n) is 3.34. The number of benzene rings is 1. The van der Waals surface area contributed by atoms with Crippen LogP contribution in [0.4, 0.5) is 0 Å². The minimum absolute atomic E-state index is 0.232. The van der Waals surface area contributed by atoms with E-state index in [4.69, 9.17) is 4.74 Å². The number of hydrogen-bond donors (Lipinski definition) is 0. The van der Waals surface area contributed by atoms with E-state index in [1.54, 1.807) is 0 Å². The summed E-state index contributed by atoms with van der Waals surface area (Å²) in [5, 5.41) is 1.21. The fourth-order valence-corrected chi connectivity index (χ4v) is 3.03. The summed E-state index contributed by atoms with van der Waals surface area (Å²) in [6.07, 6.45) is 0. The van der Waals surface area contributed by atoms with Crippen molar-refractivity contribution in [1.82, 2.24) is 0 Å². The second-order valence-corrected chi connectivity index (χ2v) is 5.54. The Morgan fingerprint density at radius 2 is 2.08 bits per heavy atom. The van der Waals surface area contributed by atoms with E-state index in [-0.39, 0.29) is 5.60 Å². The van der Waals surface area contributed by atoms with Crippen LogP contribution in [0.5, 0.6) is 0 Å². The zero-order valence-corrected chi connectivity index (χ0v) is 8.83. The van der Waals surface area contributed by atoms with Gasteiger partial charge in [-0.3, -0.25) is 0 Å². The van der Waals surface area contributed by atoms with Crippen molar-refractivity contribution in [1.29, 1.82) is 0 Å². The summed E-state index contributed by atoms with van der Waals surface area (Å²) in [7, 11) is 0. The monoisotopic (exact) mass is 228 g/mol. The molecule has 0 aromatic heterocycles. The molecule has 0 saturated carbocycles. The van der Waals surface area contributed by atoms with Crippen LogP contribution >= 0.6 is 0 Å². The summed E-state index contributed by atoms with van der Waals surface area (Å²) < 4.78 is 6.81. The van der Waals surface area contributed by atoms with Crippen molar-refractivity contribution in [2.45, 2.75) is 17.8 Å². The molecule has 1 unspecified atom stereocenters. The average molecular weight is 227 g/mol. The molecule has 0 amide bonds. The Hall–Kier alpha value is -0.301. The molecule has 1 aliphatic heterocycles. The first kappa shape index (κ1) is 8.30. The predicted molar refractivity (Wildman–Crippen MR) is 51.0 cm³/mol. The fourth-order valence-electron chi connectivity index (χ4n) is 0.959.